The van der Waals surface area contributed by atoms with Gasteiger partial charge in [0, 0.05) is 23.8 Å². The molecule has 1 aliphatic rings. The van der Waals surface area contributed by atoms with Crippen LogP contribution >= 0.6 is 0 Å². The molecule has 0 fully saturated rings. The van der Waals surface area contributed by atoms with E-state index in [2.05, 4.69) is 41.0 Å². The van der Waals surface area contributed by atoms with Crippen molar-refractivity contribution in [1.82, 2.24) is 14.9 Å². The lowest BCUT2D eigenvalue weighted by Crippen LogP contribution is -2.35. The van der Waals surface area contributed by atoms with E-state index in [0.29, 0.717) is 6.04 Å². The first-order valence-corrected chi connectivity index (χ1v) is 7.56. The molecule has 0 saturated carbocycles. The summed E-state index contributed by atoms with van der Waals surface area (Å²) in [6, 6.07) is 0.417. The molecule has 1 atom stereocenters. The maximum absolute atomic E-state index is 4.45. The van der Waals surface area contributed by atoms with Crippen molar-refractivity contribution < 1.29 is 0 Å². The Hall–Kier alpha value is -1.16. The van der Waals surface area contributed by atoms with Crippen LogP contribution in [0.1, 0.15) is 44.9 Å². The van der Waals surface area contributed by atoms with Crippen LogP contribution in [0.25, 0.3) is 0 Å². The molecule has 1 aliphatic carbocycles. The molecule has 1 aromatic rings. The molecule has 0 bridgehead atoms. The van der Waals surface area contributed by atoms with Gasteiger partial charge in [-0.2, -0.15) is 0 Å². The summed E-state index contributed by atoms with van der Waals surface area (Å²) in [5.74, 6) is 1.06. The van der Waals surface area contributed by atoms with Gasteiger partial charge in [-0.25, -0.2) is 9.97 Å². The quantitative estimate of drug-likeness (QED) is 0.855. The number of anilines is 1. The predicted molar refractivity (Wildman–Crippen MR) is 79.5 cm³/mol. The van der Waals surface area contributed by atoms with Crippen LogP contribution < -0.4 is 5.32 Å². The van der Waals surface area contributed by atoms with Gasteiger partial charge in [0.25, 0.3) is 0 Å². The number of aryl methyl sites for hydroxylation is 1. The van der Waals surface area contributed by atoms with Crippen LogP contribution in [0.5, 0.6) is 0 Å². The molecule has 2 rings (SSSR count). The lowest BCUT2D eigenvalue weighted by molar-refractivity contribution is 0.294. The predicted octanol–water partition coefficient (Wildman–Crippen LogP) is 2.50. The summed E-state index contributed by atoms with van der Waals surface area (Å²) >= 11 is 0. The third kappa shape index (κ3) is 3.66. The van der Waals surface area contributed by atoms with Crippen LogP contribution in [0, 0.1) is 0 Å². The van der Waals surface area contributed by atoms with Crippen LogP contribution in [0.15, 0.2) is 6.33 Å². The fraction of sp³-hybridized carbons (Fsp3) is 0.733. The van der Waals surface area contributed by atoms with Crippen molar-refractivity contribution >= 4 is 5.82 Å². The van der Waals surface area contributed by atoms with Gasteiger partial charge in [0.2, 0.25) is 0 Å². The van der Waals surface area contributed by atoms with Crippen LogP contribution in [0.4, 0.5) is 5.82 Å². The summed E-state index contributed by atoms with van der Waals surface area (Å²) in [6.07, 6.45) is 6.46. The molecule has 0 radical (unpaired) electrons. The molecule has 106 valence electrons. The first-order chi connectivity index (χ1) is 9.24. The third-order valence-electron chi connectivity index (χ3n) is 3.93. The zero-order valence-electron chi connectivity index (χ0n) is 12.4. The van der Waals surface area contributed by atoms with Crippen LogP contribution in [0.2, 0.25) is 0 Å². The number of likely N-dealkylation sites (N-methyl/N-ethyl adjacent to an activating group) is 1. The van der Waals surface area contributed by atoms with E-state index in [1.54, 1.807) is 6.33 Å². The molecule has 0 saturated heterocycles. The van der Waals surface area contributed by atoms with Gasteiger partial charge in [0.15, 0.2) is 0 Å². The summed E-state index contributed by atoms with van der Waals surface area (Å²) in [5, 5.41) is 3.58. The Morgan fingerprint density at radius 3 is 2.68 bits per heavy atom. The highest BCUT2D eigenvalue weighted by atomic mass is 15.2. The molecule has 0 aliphatic heterocycles. The first kappa shape index (κ1) is 14.3. The van der Waals surface area contributed by atoms with Gasteiger partial charge < -0.3 is 10.2 Å². The fourth-order valence-electron chi connectivity index (χ4n) is 2.79. The van der Waals surface area contributed by atoms with Crippen molar-refractivity contribution in [2.75, 3.05) is 25.0 Å². The first-order valence-electron chi connectivity index (χ1n) is 7.56. The average molecular weight is 262 g/mol. The molecule has 0 aromatic carbocycles. The topological polar surface area (TPSA) is 41.0 Å². The monoisotopic (exact) mass is 262 g/mol. The Morgan fingerprint density at radius 1 is 1.21 bits per heavy atom. The number of nitrogens with one attached hydrogen (secondary N) is 1. The largest absolute Gasteiger partial charge is 0.366 e. The van der Waals surface area contributed by atoms with Gasteiger partial charge in [-0.1, -0.05) is 13.8 Å². The Labute approximate surface area is 116 Å². The standard InChI is InChI=1S/C15H26N4/c1-4-19(5-2)10-12(3)18-15-13-8-6-7-9-14(13)16-11-17-15/h11-12H,4-10H2,1-3H3,(H,16,17,18). The van der Waals surface area contributed by atoms with E-state index in [9.17, 15) is 0 Å². The van der Waals surface area contributed by atoms with E-state index in [1.165, 1.54) is 24.1 Å². The maximum Gasteiger partial charge on any atom is 0.133 e. The van der Waals surface area contributed by atoms with Crippen molar-refractivity contribution in [3.8, 4) is 0 Å². The zero-order chi connectivity index (χ0) is 13.7. The van der Waals surface area contributed by atoms with Crippen LogP contribution in [0.3, 0.4) is 0 Å². The summed E-state index contributed by atoms with van der Waals surface area (Å²) in [5.41, 5.74) is 2.60. The van der Waals surface area contributed by atoms with E-state index in [4.69, 9.17) is 0 Å². The van der Waals surface area contributed by atoms with E-state index < -0.39 is 0 Å². The number of hydrogen-bond acceptors (Lipinski definition) is 4. The minimum Gasteiger partial charge on any atom is -0.366 e. The second kappa shape index (κ2) is 6.85. The molecule has 0 spiro atoms. The molecule has 4 nitrogen and oxygen atoms in total. The Bertz CT molecular complexity index is 401. The van der Waals surface area contributed by atoms with Crippen molar-refractivity contribution in [1.29, 1.82) is 0 Å². The molecule has 1 unspecified atom stereocenters. The Kier molecular flexibility index (Phi) is 5.14. The molecule has 1 heterocycles. The van der Waals surface area contributed by atoms with E-state index in [1.807, 2.05) is 0 Å². The minimum absolute atomic E-state index is 0.417. The van der Waals surface area contributed by atoms with Gasteiger partial charge in [0.05, 0.1) is 0 Å². The van der Waals surface area contributed by atoms with Gasteiger partial charge in [-0.15, -0.1) is 0 Å². The van der Waals surface area contributed by atoms with Crippen molar-refractivity contribution in [2.45, 2.75) is 52.5 Å². The molecule has 4 heteroatoms. The van der Waals surface area contributed by atoms with E-state index >= 15 is 0 Å². The molecule has 1 aromatic heterocycles. The second-order valence-electron chi connectivity index (χ2n) is 5.39. The lowest BCUT2D eigenvalue weighted by atomic mass is 9.96. The summed E-state index contributed by atoms with van der Waals surface area (Å²) in [6.45, 7) is 9.92. The Morgan fingerprint density at radius 2 is 1.95 bits per heavy atom. The summed E-state index contributed by atoms with van der Waals surface area (Å²) in [7, 11) is 0. The number of rotatable bonds is 6. The highest BCUT2D eigenvalue weighted by Crippen LogP contribution is 2.24. The SMILES string of the molecule is CCN(CC)CC(C)Nc1ncnc2c1CCCC2. The number of fused-ring (bicyclic) bond motifs is 1. The van der Waals surface area contributed by atoms with Gasteiger partial charge in [-0.3, -0.25) is 0 Å². The highest BCUT2D eigenvalue weighted by Gasteiger charge is 2.17. The van der Waals surface area contributed by atoms with Gasteiger partial charge >= 0.3 is 0 Å². The molecular formula is C15H26N4. The summed E-state index contributed by atoms with van der Waals surface area (Å²) in [4.78, 5) is 11.3. The number of hydrogen-bond donors (Lipinski definition) is 1. The molecular weight excluding hydrogens is 236 g/mol. The number of aromatic nitrogens is 2. The van der Waals surface area contributed by atoms with E-state index in [0.717, 1.165) is 38.3 Å². The summed E-state index contributed by atoms with van der Waals surface area (Å²) < 4.78 is 0. The molecule has 0 amide bonds. The zero-order valence-corrected chi connectivity index (χ0v) is 12.4. The normalized spacial score (nSPS) is 16.2. The second-order valence-corrected chi connectivity index (χ2v) is 5.39. The van der Waals surface area contributed by atoms with Crippen molar-refractivity contribution in [3.05, 3.63) is 17.6 Å². The van der Waals surface area contributed by atoms with Crippen LogP contribution in [-0.2, 0) is 12.8 Å². The third-order valence-corrected chi connectivity index (χ3v) is 3.93. The average Bonchev–Trinajstić information content (AvgIpc) is 2.45. The Balaban J connectivity index is 2.02. The van der Waals surface area contributed by atoms with Gasteiger partial charge in [-0.05, 0) is 45.7 Å². The van der Waals surface area contributed by atoms with Crippen LogP contribution in [-0.4, -0.2) is 40.5 Å². The lowest BCUT2D eigenvalue weighted by Gasteiger charge is -2.25. The van der Waals surface area contributed by atoms with Crippen molar-refractivity contribution in [3.63, 3.8) is 0 Å². The van der Waals surface area contributed by atoms with Crippen molar-refractivity contribution in [2.24, 2.45) is 0 Å². The highest BCUT2D eigenvalue weighted by molar-refractivity contribution is 5.47. The minimum atomic E-state index is 0.417. The fourth-order valence-corrected chi connectivity index (χ4v) is 2.79. The maximum atomic E-state index is 4.45. The molecule has 19 heavy (non-hydrogen) atoms. The smallest absolute Gasteiger partial charge is 0.133 e. The van der Waals surface area contributed by atoms with Gasteiger partial charge in [0.1, 0.15) is 12.1 Å². The van der Waals surface area contributed by atoms with E-state index in [-0.39, 0.29) is 0 Å². The number of nitrogens with zero attached hydrogens (tertiary/aromatic N) is 3. The molecule has 1 N–H and O–H groups in total.